The van der Waals surface area contributed by atoms with Crippen molar-refractivity contribution in [2.75, 3.05) is 5.73 Å². The second-order valence-electron chi connectivity index (χ2n) is 3.07. The van der Waals surface area contributed by atoms with E-state index in [1.54, 1.807) is 11.7 Å². The monoisotopic (exact) mass is 182 g/mol. The Labute approximate surface area is 74.5 Å². The highest BCUT2D eigenvalue weighted by atomic mass is 16.4. The molecule has 0 spiro atoms. The Hall–Kier alpha value is -1.72. The number of aryl methyl sites for hydroxylation is 1. The summed E-state index contributed by atoms with van der Waals surface area (Å²) >= 11 is 0. The predicted molar refractivity (Wildman–Crippen MR) is 44.9 cm³/mol. The quantitative estimate of drug-likeness (QED) is 0.591. The van der Waals surface area contributed by atoms with Crippen LogP contribution in [0, 0.1) is 0 Å². The van der Waals surface area contributed by atoms with Gasteiger partial charge in [-0.1, -0.05) is 0 Å². The lowest BCUT2D eigenvalue weighted by Crippen LogP contribution is -2.23. The Morgan fingerprint density at radius 2 is 2.31 bits per heavy atom. The highest BCUT2D eigenvalue weighted by molar-refractivity contribution is 5.67. The number of carbonyl (C=O) groups is 1. The van der Waals surface area contributed by atoms with Crippen LogP contribution in [0.25, 0.3) is 0 Å². The number of nitrogens with zero attached hydrogens (tertiary/aromatic N) is 3. The van der Waals surface area contributed by atoms with Crippen LogP contribution in [0.4, 0.5) is 10.6 Å². The van der Waals surface area contributed by atoms with Crippen LogP contribution < -0.4 is 5.73 Å². The number of nitrogens with two attached hydrogens (primary N) is 1. The smallest absolute Gasteiger partial charge is 0.407 e. The van der Waals surface area contributed by atoms with Gasteiger partial charge in [0.15, 0.2) is 0 Å². The highest BCUT2D eigenvalue weighted by Crippen LogP contribution is 2.26. The van der Waals surface area contributed by atoms with Crippen molar-refractivity contribution >= 4 is 11.9 Å². The van der Waals surface area contributed by atoms with Crippen molar-refractivity contribution in [2.45, 2.75) is 13.1 Å². The van der Waals surface area contributed by atoms with Crippen molar-refractivity contribution in [1.29, 1.82) is 0 Å². The third-order valence-electron chi connectivity index (χ3n) is 2.24. The number of aromatic nitrogens is 2. The van der Waals surface area contributed by atoms with Crippen LogP contribution >= 0.6 is 0 Å². The third kappa shape index (κ3) is 1.02. The number of hydrogen-bond donors (Lipinski definition) is 2. The van der Waals surface area contributed by atoms with E-state index in [0.29, 0.717) is 18.9 Å². The summed E-state index contributed by atoms with van der Waals surface area (Å²) < 4.78 is 1.57. The van der Waals surface area contributed by atoms with Gasteiger partial charge in [0, 0.05) is 12.6 Å². The van der Waals surface area contributed by atoms with Gasteiger partial charge in [0.25, 0.3) is 0 Å². The standard InChI is InChI=1S/C7H10N4O2/c1-10-6(8)4-2-11(7(12)13)3-5(4)9-10/h2-3,8H2,1H3,(H,12,13). The van der Waals surface area contributed by atoms with Gasteiger partial charge in [0.05, 0.1) is 18.8 Å². The number of rotatable bonds is 0. The fourth-order valence-electron chi connectivity index (χ4n) is 1.50. The van der Waals surface area contributed by atoms with Crippen LogP contribution in [0.3, 0.4) is 0 Å². The Morgan fingerprint density at radius 3 is 2.85 bits per heavy atom. The zero-order chi connectivity index (χ0) is 9.59. The van der Waals surface area contributed by atoms with E-state index in [0.717, 1.165) is 11.3 Å². The molecule has 1 aliphatic heterocycles. The molecule has 13 heavy (non-hydrogen) atoms. The van der Waals surface area contributed by atoms with Crippen LogP contribution in [-0.2, 0) is 20.1 Å². The normalized spacial score (nSPS) is 14.7. The molecule has 0 radical (unpaired) electrons. The number of carboxylic acid groups (broad SMARTS) is 1. The summed E-state index contributed by atoms with van der Waals surface area (Å²) in [6, 6.07) is 0. The lowest BCUT2D eigenvalue weighted by Gasteiger charge is -2.10. The van der Waals surface area contributed by atoms with Gasteiger partial charge in [-0.15, -0.1) is 0 Å². The number of nitrogen functional groups attached to an aromatic ring is 1. The molecule has 0 saturated heterocycles. The van der Waals surface area contributed by atoms with E-state index in [1.807, 2.05) is 0 Å². The zero-order valence-electron chi connectivity index (χ0n) is 7.19. The summed E-state index contributed by atoms with van der Waals surface area (Å²) in [5.41, 5.74) is 7.30. The zero-order valence-corrected chi connectivity index (χ0v) is 7.19. The molecule has 1 amide bonds. The van der Waals surface area contributed by atoms with Crippen LogP contribution in [-0.4, -0.2) is 25.9 Å². The predicted octanol–water partition coefficient (Wildman–Crippen LogP) is -0.00410. The van der Waals surface area contributed by atoms with Gasteiger partial charge in [0.2, 0.25) is 0 Å². The minimum atomic E-state index is -0.931. The number of amides is 1. The van der Waals surface area contributed by atoms with E-state index >= 15 is 0 Å². The van der Waals surface area contributed by atoms with Crippen LogP contribution in [0.15, 0.2) is 0 Å². The molecule has 3 N–H and O–H groups in total. The third-order valence-corrected chi connectivity index (χ3v) is 2.24. The fourth-order valence-corrected chi connectivity index (χ4v) is 1.50. The Morgan fingerprint density at radius 1 is 1.62 bits per heavy atom. The molecule has 0 bridgehead atoms. The van der Waals surface area contributed by atoms with Crippen molar-refractivity contribution in [3.63, 3.8) is 0 Å². The molecule has 0 aromatic carbocycles. The first kappa shape index (κ1) is 7.90. The minimum Gasteiger partial charge on any atom is -0.465 e. The molecular weight excluding hydrogens is 172 g/mol. The van der Waals surface area contributed by atoms with Gasteiger partial charge in [-0.3, -0.25) is 9.58 Å². The molecule has 1 aliphatic rings. The van der Waals surface area contributed by atoms with Gasteiger partial charge in [0.1, 0.15) is 5.82 Å². The summed E-state index contributed by atoms with van der Waals surface area (Å²) in [6.45, 7) is 0.694. The highest BCUT2D eigenvalue weighted by Gasteiger charge is 2.28. The Balaban J connectivity index is 2.33. The summed E-state index contributed by atoms with van der Waals surface area (Å²) in [6.07, 6.45) is -0.931. The Bertz CT molecular complexity index is 371. The van der Waals surface area contributed by atoms with Crippen LogP contribution in [0.1, 0.15) is 11.3 Å². The maximum Gasteiger partial charge on any atom is 0.407 e. The van der Waals surface area contributed by atoms with Crippen LogP contribution in [0.5, 0.6) is 0 Å². The van der Waals surface area contributed by atoms with Crippen molar-refractivity contribution in [3.05, 3.63) is 11.3 Å². The van der Waals surface area contributed by atoms with Crippen molar-refractivity contribution < 1.29 is 9.90 Å². The largest absolute Gasteiger partial charge is 0.465 e. The van der Waals surface area contributed by atoms with E-state index in [2.05, 4.69) is 5.10 Å². The van der Waals surface area contributed by atoms with E-state index in [-0.39, 0.29) is 0 Å². The lowest BCUT2D eigenvalue weighted by atomic mass is 10.3. The average Bonchev–Trinajstić information content (AvgIpc) is 2.55. The molecule has 0 aliphatic carbocycles. The maximum absolute atomic E-state index is 10.6. The van der Waals surface area contributed by atoms with E-state index in [1.165, 1.54) is 4.90 Å². The SMILES string of the molecule is Cn1nc2c(c1N)CN(C(=O)O)C2. The molecular formula is C7H10N4O2. The summed E-state index contributed by atoms with van der Waals surface area (Å²) in [5, 5.41) is 12.8. The molecule has 6 nitrogen and oxygen atoms in total. The van der Waals surface area contributed by atoms with Crippen molar-refractivity contribution in [2.24, 2.45) is 7.05 Å². The molecule has 0 fully saturated rings. The van der Waals surface area contributed by atoms with Gasteiger partial charge >= 0.3 is 6.09 Å². The number of fused-ring (bicyclic) bond motifs is 1. The molecule has 70 valence electrons. The number of anilines is 1. The maximum atomic E-state index is 10.6. The topological polar surface area (TPSA) is 84.4 Å². The van der Waals surface area contributed by atoms with Crippen molar-refractivity contribution in [1.82, 2.24) is 14.7 Å². The second kappa shape index (κ2) is 2.38. The first-order valence-corrected chi connectivity index (χ1v) is 3.87. The van der Waals surface area contributed by atoms with Crippen LogP contribution in [0.2, 0.25) is 0 Å². The molecule has 0 atom stereocenters. The van der Waals surface area contributed by atoms with Gasteiger partial charge < -0.3 is 10.8 Å². The first-order valence-electron chi connectivity index (χ1n) is 3.87. The Kier molecular flexibility index (Phi) is 1.45. The van der Waals surface area contributed by atoms with E-state index in [9.17, 15) is 4.79 Å². The molecule has 1 aromatic rings. The van der Waals surface area contributed by atoms with Gasteiger partial charge in [-0.25, -0.2) is 4.79 Å². The summed E-state index contributed by atoms with van der Waals surface area (Å²) in [7, 11) is 1.75. The molecule has 0 saturated carbocycles. The molecule has 2 heterocycles. The number of hydrogen-bond acceptors (Lipinski definition) is 3. The van der Waals surface area contributed by atoms with E-state index in [4.69, 9.17) is 10.8 Å². The molecule has 6 heteroatoms. The lowest BCUT2D eigenvalue weighted by molar-refractivity contribution is 0.144. The fraction of sp³-hybridized carbons (Fsp3) is 0.429. The van der Waals surface area contributed by atoms with Gasteiger partial charge in [-0.05, 0) is 0 Å². The molecule has 0 unspecified atom stereocenters. The first-order chi connectivity index (χ1) is 6.09. The van der Waals surface area contributed by atoms with Crippen molar-refractivity contribution in [3.8, 4) is 0 Å². The van der Waals surface area contributed by atoms with E-state index < -0.39 is 6.09 Å². The summed E-state index contributed by atoms with van der Waals surface area (Å²) in [5.74, 6) is 0.554. The molecule has 1 aromatic heterocycles. The molecule has 2 rings (SSSR count). The second-order valence-corrected chi connectivity index (χ2v) is 3.07. The average molecular weight is 182 g/mol. The summed E-state index contributed by atoms with van der Waals surface area (Å²) in [4.78, 5) is 11.9. The van der Waals surface area contributed by atoms with Gasteiger partial charge in [-0.2, -0.15) is 5.10 Å². The minimum absolute atomic E-state index is 0.343.